The van der Waals surface area contributed by atoms with E-state index in [0.717, 1.165) is 24.0 Å². The highest BCUT2D eigenvalue weighted by Gasteiger charge is 2.15. The van der Waals surface area contributed by atoms with Gasteiger partial charge in [0.15, 0.2) is 0 Å². The first-order valence-corrected chi connectivity index (χ1v) is 8.26. The molecule has 1 aromatic carbocycles. The van der Waals surface area contributed by atoms with Crippen molar-refractivity contribution >= 4 is 15.7 Å². The highest BCUT2D eigenvalue weighted by Crippen LogP contribution is 2.12. The van der Waals surface area contributed by atoms with E-state index >= 15 is 0 Å². The lowest BCUT2D eigenvalue weighted by Crippen LogP contribution is -2.17. The van der Waals surface area contributed by atoms with Gasteiger partial charge in [-0.05, 0) is 18.9 Å². The van der Waals surface area contributed by atoms with Crippen molar-refractivity contribution in [1.29, 1.82) is 0 Å². The Morgan fingerprint density at radius 1 is 1.42 bits per heavy atom. The fourth-order valence-electron chi connectivity index (χ4n) is 1.79. The van der Waals surface area contributed by atoms with E-state index in [4.69, 9.17) is 5.11 Å². The molecule has 0 radical (unpaired) electrons. The summed E-state index contributed by atoms with van der Waals surface area (Å²) in [6, 6.07) is 7.63. The maximum atomic E-state index is 12.6. The Kier molecular flexibility index (Phi) is 6.02. The zero-order valence-electron chi connectivity index (χ0n) is 11.5. The molecule has 19 heavy (non-hydrogen) atoms. The van der Waals surface area contributed by atoms with Crippen molar-refractivity contribution in [3.8, 4) is 0 Å². The lowest BCUT2D eigenvalue weighted by atomic mass is 10.2. The Labute approximate surface area is 115 Å². The first-order chi connectivity index (χ1) is 8.95. The van der Waals surface area contributed by atoms with Gasteiger partial charge in [-0.3, -0.25) is 4.79 Å². The molecule has 5 heteroatoms. The molecule has 0 bridgehead atoms. The zero-order valence-corrected chi connectivity index (χ0v) is 12.3. The van der Waals surface area contributed by atoms with Crippen molar-refractivity contribution < 1.29 is 14.1 Å². The van der Waals surface area contributed by atoms with Crippen molar-refractivity contribution in [2.24, 2.45) is 4.36 Å². The first kappa shape index (κ1) is 15.7. The van der Waals surface area contributed by atoms with Crippen LogP contribution in [0, 0.1) is 6.92 Å². The monoisotopic (exact) mass is 283 g/mol. The summed E-state index contributed by atoms with van der Waals surface area (Å²) in [4.78, 5) is 10.9. The number of carbonyl (C=O) groups is 1. The molecule has 1 unspecified atom stereocenters. The third kappa shape index (κ3) is 5.87. The molecule has 0 aliphatic heterocycles. The molecule has 0 aromatic heterocycles. The Morgan fingerprint density at radius 2 is 2.16 bits per heavy atom. The number of nitrogens with zero attached hydrogens (tertiary/aromatic N) is 1. The summed E-state index contributed by atoms with van der Waals surface area (Å²) in [5, 5.41) is 8.90. The largest absolute Gasteiger partial charge is 0.481 e. The Morgan fingerprint density at radius 3 is 2.74 bits per heavy atom. The number of hydrogen-bond acceptors (Lipinski definition) is 3. The van der Waals surface area contributed by atoms with E-state index in [1.54, 1.807) is 0 Å². The van der Waals surface area contributed by atoms with Crippen LogP contribution in [0.1, 0.15) is 30.9 Å². The van der Waals surface area contributed by atoms with Crippen LogP contribution in [0.3, 0.4) is 0 Å². The number of aliphatic carboxylic acids is 1. The first-order valence-electron chi connectivity index (χ1n) is 6.41. The van der Waals surface area contributed by atoms with E-state index < -0.39 is 15.7 Å². The molecule has 0 fully saturated rings. The summed E-state index contributed by atoms with van der Waals surface area (Å²) in [6.07, 6.45) is 1.79. The maximum absolute atomic E-state index is 12.6. The van der Waals surface area contributed by atoms with Crippen LogP contribution in [0.15, 0.2) is 28.6 Å². The number of rotatable bonds is 7. The van der Waals surface area contributed by atoms with E-state index in [1.807, 2.05) is 38.1 Å². The fourth-order valence-corrected chi connectivity index (χ4v) is 3.62. The molecule has 1 rings (SSSR count). The van der Waals surface area contributed by atoms with E-state index in [0.29, 0.717) is 6.54 Å². The second-order valence-corrected chi connectivity index (χ2v) is 7.03. The van der Waals surface area contributed by atoms with Crippen LogP contribution in [0.2, 0.25) is 0 Å². The van der Waals surface area contributed by atoms with Gasteiger partial charge < -0.3 is 5.11 Å². The smallest absolute Gasteiger partial charge is 0.317 e. The van der Waals surface area contributed by atoms with Crippen LogP contribution >= 0.6 is 0 Å². The summed E-state index contributed by atoms with van der Waals surface area (Å²) in [5.74, 6) is -1.23. The van der Waals surface area contributed by atoms with E-state index in [1.165, 1.54) is 0 Å². The molecule has 0 aliphatic carbocycles. The molecule has 1 N–H and O–H groups in total. The predicted octanol–water partition coefficient (Wildman–Crippen LogP) is 2.85. The lowest BCUT2D eigenvalue weighted by Gasteiger charge is -2.09. The average molecular weight is 283 g/mol. The van der Waals surface area contributed by atoms with Crippen molar-refractivity contribution in [3.63, 3.8) is 0 Å². The second kappa shape index (κ2) is 7.28. The highest BCUT2D eigenvalue weighted by molar-refractivity contribution is 7.93. The van der Waals surface area contributed by atoms with Crippen molar-refractivity contribution in [3.05, 3.63) is 35.4 Å². The zero-order chi connectivity index (χ0) is 14.3. The standard InChI is InChI=1S/C14H21NO3S/c1-3-4-8-15-19(18,11-14(16)17)10-13-7-5-6-12(2)9-13/h5-7,9H,3-4,8,10-11H2,1-2H3,(H,16,17). The van der Waals surface area contributed by atoms with Gasteiger partial charge in [0.05, 0.1) is 15.5 Å². The van der Waals surface area contributed by atoms with Gasteiger partial charge in [-0.25, -0.2) is 8.57 Å². The minimum atomic E-state index is -2.70. The number of unbranched alkanes of at least 4 members (excludes halogenated alkanes) is 1. The summed E-state index contributed by atoms with van der Waals surface area (Å²) in [6.45, 7) is 4.44. The average Bonchev–Trinajstić information content (AvgIpc) is 2.27. The number of carboxylic acids is 1. The molecule has 0 amide bonds. The molecule has 0 heterocycles. The third-order valence-electron chi connectivity index (χ3n) is 2.66. The minimum Gasteiger partial charge on any atom is -0.481 e. The quantitative estimate of drug-likeness (QED) is 0.782. The molecule has 1 aromatic rings. The third-order valence-corrected chi connectivity index (χ3v) is 4.80. The van der Waals surface area contributed by atoms with Gasteiger partial charge in [0, 0.05) is 6.54 Å². The fraction of sp³-hybridized carbons (Fsp3) is 0.500. The van der Waals surface area contributed by atoms with Crippen LogP contribution in [0.5, 0.6) is 0 Å². The van der Waals surface area contributed by atoms with E-state index in [9.17, 15) is 9.00 Å². The Bertz CT molecular complexity index is 545. The number of benzene rings is 1. The molecule has 1 atom stereocenters. The highest BCUT2D eigenvalue weighted by atomic mass is 32.2. The molecular weight excluding hydrogens is 262 g/mol. The summed E-state index contributed by atoms with van der Waals surface area (Å²) >= 11 is 0. The van der Waals surface area contributed by atoms with E-state index in [-0.39, 0.29) is 11.5 Å². The van der Waals surface area contributed by atoms with Crippen LogP contribution in [0.4, 0.5) is 0 Å². The molecule has 0 saturated heterocycles. The molecule has 0 aliphatic rings. The maximum Gasteiger partial charge on any atom is 0.317 e. The molecular formula is C14H21NO3S. The van der Waals surface area contributed by atoms with Gasteiger partial charge in [-0.1, -0.05) is 43.2 Å². The van der Waals surface area contributed by atoms with Gasteiger partial charge in [0.1, 0.15) is 5.75 Å². The summed E-state index contributed by atoms with van der Waals surface area (Å²) in [7, 11) is -2.70. The van der Waals surface area contributed by atoms with Crippen LogP contribution in [-0.4, -0.2) is 27.6 Å². The van der Waals surface area contributed by atoms with Crippen molar-refractivity contribution in [1.82, 2.24) is 0 Å². The Balaban J connectivity index is 2.94. The molecule has 106 valence electrons. The summed E-state index contributed by atoms with van der Waals surface area (Å²) < 4.78 is 16.8. The van der Waals surface area contributed by atoms with Crippen molar-refractivity contribution in [2.45, 2.75) is 32.4 Å². The summed E-state index contributed by atoms with van der Waals surface area (Å²) in [5.41, 5.74) is 1.95. The van der Waals surface area contributed by atoms with Crippen LogP contribution < -0.4 is 0 Å². The predicted molar refractivity (Wildman–Crippen MR) is 77.7 cm³/mol. The lowest BCUT2D eigenvalue weighted by molar-refractivity contribution is -0.134. The SMILES string of the molecule is CCCCN=S(=O)(CC(=O)O)Cc1cccc(C)c1. The number of carboxylic acid groups (broad SMARTS) is 1. The Hall–Kier alpha value is -1.36. The van der Waals surface area contributed by atoms with Crippen LogP contribution in [-0.2, 0) is 20.3 Å². The molecule has 0 saturated carbocycles. The number of aryl methyl sites for hydroxylation is 1. The molecule has 0 spiro atoms. The topological polar surface area (TPSA) is 66.7 Å². The number of hydrogen-bond donors (Lipinski definition) is 1. The normalized spacial score (nSPS) is 13.8. The van der Waals surface area contributed by atoms with Gasteiger partial charge >= 0.3 is 5.97 Å². The molecule has 4 nitrogen and oxygen atoms in total. The van der Waals surface area contributed by atoms with Crippen LogP contribution in [0.25, 0.3) is 0 Å². The van der Waals surface area contributed by atoms with Crippen molar-refractivity contribution in [2.75, 3.05) is 12.3 Å². The van der Waals surface area contributed by atoms with Gasteiger partial charge in [-0.15, -0.1) is 0 Å². The van der Waals surface area contributed by atoms with Gasteiger partial charge in [0.2, 0.25) is 0 Å². The second-order valence-electron chi connectivity index (χ2n) is 4.65. The minimum absolute atomic E-state index is 0.213. The van der Waals surface area contributed by atoms with Gasteiger partial charge in [-0.2, -0.15) is 0 Å². The van der Waals surface area contributed by atoms with E-state index in [2.05, 4.69) is 4.36 Å². The van der Waals surface area contributed by atoms with Gasteiger partial charge in [0.25, 0.3) is 0 Å².